The van der Waals surface area contributed by atoms with Crippen LogP contribution in [-0.2, 0) is 6.54 Å². The fraction of sp³-hybridized carbons (Fsp3) is 0.611. The average molecular weight is 333 g/mol. The van der Waals surface area contributed by atoms with Crippen LogP contribution in [0, 0.1) is 12.8 Å². The second-order valence-electron chi connectivity index (χ2n) is 6.72. The molecular formula is C18H27N3O3. The van der Waals surface area contributed by atoms with E-state index in [9.17, 15) is 5.11 Å². The number of aliphatic hydroxyl groups excluding tert-OH is 1. The summed E-state index contributed by atoms with van der Waals surface area (Å²) in [5.41, 5.74) is 0.938. The van der Waals surface area contributed by atoms with E-state index in [1.807, 2.05) is 26.0 Å². The standard InChI is InChI=1S/C18H27N3O3/c1-13(22)12-21-7-5-15(6-8-21)10-19-11-16-14(2)24-18(20-16)17-4-3-9-23-17/h3-4,9,13,15,19,22H,5-8,10-12H2,1-2H3/t13-/m0/s1. The van der Waals surface area contributed by atoms with E-state index >= 15 is 0 Å². The van der Waals surface area contributed by atoms with Crippen molar-refractivity contribution in [3.05, 3.63) is 29.9 Å². The van der Waals surface area contributed by atoms with Crippen molar-refractivity contribution in [2.24, 2.45) is 5.92 Å². The minimum absolute atomic E-state index is 0.238. The molecular weight excluding hydrogens is 306 g/mol. The molecule has 24 heavy (non-hydrogen) atoms. The second kappa shape index (κ2) is 7.96. The van der Waals surface area contributed by atoms with Crippen molar-refractivity contribution < 1.29 is 13.9 Å². The van der Waals surface area contributed by atoms with Crippen molar-refractivity contribution in [3.8, 4) is 11.7 Å². The molecule has 0 aromatic carbocycles. The van der Waals surface area contributed by atoms with Gasteiger partial charge in [-0.25, -0.2) is 4.98 Å². The van der Waals surface area contributed by atoms with Crippen molar-refractivity contribution in [1.29, 1.82) is 0 Å². The van der Waals surface area contributed by atoms with E-state index in [4.69, 9.17) is 8.83 Å². The Morgan fingerprint density at radius 2 is 2.21 bits per heavy atom. The van der Waals surface area contributed by atoms with Gasteiger partial charge in [0.05, 0.1) is 18.1 Å². The summed E-state index contributed by atoms with van der Waals surface area (Å²) in [7, 11) is 0. The minimum Gasteiger partial charge on any atom is -0.459 e. The van der Waals surface area contributed by atoms with Crippen LogP contribution in [0.2, 0.25) is 0 Å². The van der Waals surface area contributed by atoms with Crippen LogP contribution in [0.25, 0.3) is 11.7 Å². The third-order valence-electron chi connectivity index (χ3n) is 4.58. The lowest BCUT2D eigenvalue weighted by Gasteiger charge is -2.32. The number of rotatable bonds is 7. The fourth-order valence-electron chi connectivity index (χ4n) is 3.24. The van der Waals surface area contributed by atoms with Gasteiger partial charge in [0.25, 0.3) is 5.89 Å². The van der Waals surface area contributed by atoms with Crippen molar-refractivity contribution in [2.45, 2.75) is 39.3 Å². The lowest BCUT2D eigenvalue weighted by Crippen LogP contribution is -2.40. The number of hydrogen-bond donors (Lipinski definition) is 2. The summed E-state index contributed by atoms with van der Waals surface area (Å²) in [6.07, 6.45) is 3.74. The molecule has 6 nitrogen and oxygen atoms in total. The topological polar surface area (TPSA) is 74.7 Å². The summed E-state index contributed by atoms with van der Waals surface area (Å²) >= 11 is 0. The second-order valence-corrected chi connectivity index (χ2v) is 6.72. The number of β-amino-alcohol motifs (C(OH)–C–C–N with tert-alkyl or cyclic N) is 1. The van der Waals surface area contributed by atoms with Gasteiger partial charge < -0.3 is 24.2 Å². The highest BCUT2D eigenvalue weighted by molar-refractivity contribution is 5.44. The number of furan rings is 1. The molecule has 1 aliphatic heterocycles. The van der Waals surface area contributed by atoms with E-state index in [-0.39, 0.29) is 6.10 Å². The Hall–Kier alpha value is -1.63. The van der Waals surface area contributed by atoms with Gasteiger partial charge in [-0.1, -0.05) is 0 Å². The van der Waals surface area contributed by atoms with Gasteiger partial charge in [-0.05, 0) is 64.4 Å². The maximum Gasteiger partial charge on any atom is 0.263 e. The zero-order chi connectivity index (χ0) is 16.9. The largest absolute Gasteiger partial charge is 0.459 e. The monoisotopic (exact) mass is 333 g/mol. The third-order valence-corrected chi connectivity index (χ3v) is 4.58. The molecule has 3 rings (SSSR count). The maximum absolute atomic E-state index is 9.46. The Bertz CT molecular complexity index is 613. The third kappa shape index (κ3) is 4.47. The van der Waals surface area contributed by atoms with E-state index in [0.717, 1.165) is 37.6 Å². The van der Waals surface area contributed by atoms with Gasteiger partial charge in [0.2, 0.25) is 0 Å². The molecule has 1 saturated heterocycles. The summed E-state index contributed by atoms with van der Waals surface area (Å²) in [5, 5.41) is 13.0. The summed E-state index contributed by atoms with van der Waals surface area (Å²) in [6, 6.07) is 3.68. The molecule has 0 bridgehead atoms. The molecule has 1 aliphatic rings. The van der Waals surface area contributed by atoms with Gasteiger partial charge in [-0.15, -0.1) is 0 Å². The van der Waals surface area contributed by atoms with Crippen LogP contribution >= 0.6 is 0 Å². The molecule has 6 heteroatoms. The number of aryl methyl sites for hydroxylation is 1. The highest BCUT2D eigenvalue weighted by Gasteiger charge is 2.20. The molecule has 0 saturated carbocycles. The number of aromatic nitrogens is 1. The Kier molecular flexibility index (Phi) is 5.71. The van der Waals surface area contributed by atoms with Crippen LogP contribution in [0.3, 0.4) is 0 Å². The molecule has 1 fully saturated rings. The van der Waals surface area contributed by atoms with Gasteiger partial charge in [-0.2, -0.15) is 0 Å². The van der Waals surface area contributed by atoms with Crippen molar-refractivity contribution >= 4 is 0 Å². The normalized spacial score (nSPS) is 18.1. The lowest BCUT2D eigenvalue weighted by molar-refractivity contribution is 0.0998. The molecule has 0 spiro atoms. The van der Waals surface area contributed by atoms with Crippen LogP contribution in [0.4, 0.5) is 0 Å². The molecule has 0 radical (unpaired) electrons. The van der Waals surface area contributed by atoms with E-state index in [0.29, 0.717) is 24.1 Å². The summed E-state index contributed by atoms with van der Waals surface area (Å²) in [5.74, 6) is 2.73. The molecule has 1 atom stereocenters. The van der Waals surface area contributed by atoms with E-state index in [1.165, 1.54) is 12.8 Å². The lowest BCUT2D eigenvalue weighted by atomic mass is 9.96. The number of nitrogens with zero attached hydrogens (tertiary/aromatic N) is 2. The first-order valence-corrected chi connectivity index (χ1v) is 8.73. The maximum atomic E-state index is 9.46. The average Bonchev–Trinajstić information content (AvgIpc) is 3.19. The molecule has 0 aliphatic carbocycles. The van der Waals surface area contributed by atoms with Gasteiger partial charge in [0, 0.05) is 13.1 Å². The molecule has 2 N–H and O–H groups in total. The summed E-state index contributed by atoms with van der Waals surface area (Å²) in [4.78, 5) is 6.87. The molecule has 2 aromatic heterocycles. The zero-order valence-corrected chi connectivity index (χ0v) is 14.5. The summed E-state index contributed by atoms with van der Waals surface area (Å²) in [6.45, 7) is 8.42. The smallest absolute Gasteiger partial charge is 0.263 e. The van der Waals surface area contributed by atoms with E-state index in [2.05, 4.69) is 15.2 Å². The number of hydrogen-bond acceptors (Lipinski definition) is 6. The zero-order valence-electron chi connectivity index (χ0n) is 14.5. The van der Waals surface area contributed by atoms with Crippen LogP contribution < -0.4 is 5.32 Å². The molecule has 2 aromatic rings. The summed E-state index contributed by atoms with van der Waals surface area (Å²) < 4.78 is 11.0. The molecule has 0 amide bonds. The van der Waals surface area contributed by atoms with Crippen molar-refractivity contribution in [2.75, 3.05) is 26.2 Å². The fourth-order valence-corrected chi connectivity index (χ4v) is 3.24. The van der Waals surface area contributed by atoms with Crippen LogP contribution in [0.5, 0.6) is 0 Å². The van der Waals surface area contributed by atoms with Gasteiger partial charge in [0.15, 0.2) is 5.76 Å². The first-order valence-electron chi connectivity index (χ1n) is 8.73. The number of piperidine rings is 1. The Balaban J connectivity index is 1.43. The first kappa shape index (κ1) is 17.2. The van der Waals surface area contributed by atoms with Crippen LogP contribution in [0.1, 0.15) is 31.2 Å². The predicted octanol–water partition coefficient (Wildman–Crippen LogP) is 2.43. The Morgan fingerprint density at radius 1 is 1.42 bits per heavy atom. The van der Waals surface area contributed by atoms with Gasteiger partial charge in [-0.3, -0.25) is 0 Å². The Labute approximate surface area is 142 Å². The first-order chi connectivity index (χ1) is 11.6. The minimum atomic E-state index is -0.238. The highest BCUT2D eigenvalue weighted by Crippen LogP contribution is 2.22. The SMILES string of the molecule is Cc1oc(-c2ccco2)nc1CNCC1CCN(C[C@H](C)O)CC1. The quantitative estimate of drug-likeness (QED) is 0.810. The van der Waals surface area contributed by atoms with Gasteiger partial charge in [0.1, 0.15) is 5.76 Å². The Morgan fingerprint density at radius 3 is 2.88 bits per heavy atom. The molecule has 3 heterocycles. The van der Waals surface area contributed by atoms with Crippen molar-refractivity contribution in [3.63, 3.8) is 0 Å². The molecule has 0 unspecified atom stereocenters. The number of likely N-dealkylation sites (tertiary alicyclic amines) is 1. The number of nitrogens with one attached hydrogen (secondary N) is 1. The predicted molar refractivity (Wildman–Crippen MR) is 91.5 cm³/mol. The van der Waals surface area contributed by atoms with Crippen molar-refractivity contribution in [1.82, 2.24) is 15.2 Å². The van der Waals surface area contributed by atoms with Crippen LogP contribution in [-0.4, -0.2) is 47.3 Å². The van der Waals surface area contributed by atoms with Gasteiger partial charge >= 0.3 is 0 Å². The van der Waals surface area contributed by atoms with E-state index in [1.54, 1.807) is 6.26 Å². The van der Waals surface area contributed by atoms with E-state index < -0.39 is 0 Å². The highest BCUT2D eigenvalue weighted by atomic mass is 16.4. The molecule has 132 valence electrons. The van der Waals surface area contributed by atoms with Crippen LogP contribution in [0.15, 0.2) is 27.2 Å². The number of aliphatic hydroxyl groups is 1. The number of oxazole rings is 1.